The molecule has 1 N–H and O–H groups in total. The molecule has 2 aromatic rings. The number of hydrogen-bond donors (Lipinski definition) is 1. The summed E-state index contributed by atoms with van der Waals surface area (Å²) in [7, 11) is 0. The van der Waals surface area contributed by atoms with E-state index < -0.39 is 0 Å². The zero-order valence-corrected chi connectivity index (χ0v) is 13.9. The number of anilines is 1. The second kappa shape index (κ2) is 7.06. The van der Waals surface area contributed by atoms with Crippen molar-refractivity contribution < 1.29 is 9.59 Å². The SMILES string of the molecule is C#Cc1cccc(NC(=O)C[C@H]2c3ccccc3C=CN2C(C)=O)c1. The number of nitrogens with zero attached hydrogens (tertiary/aromatic N) is 1. The van der Waals surface area contributed by atoms with E-state index in [-0.39, 0.29) is 24.3 Å². The van der Waals surface area contributed by atoms with Crippen LogP contribution in [0.15, 0.2) is 54.7 Å². The number of rotatable bonds is 3. The molecule has 1 heterocycles. The van der Waals surface area contributed by atoms with E-state index in [4.69, 9.17) is 6.42 Å². The molecule has 25 heavy (non-hydrogen) atoms. The average molecular weight is 330 g/mol. The molecule has 4 nitrogen and oxygen atoms in total. The minimum absolute atomic E-state index is 0.0992. The average Bonchev–Trinajstić information content (AvgIpc) is 2.61. The molecule has 0 aliphatic carbocycles. The Morgan fingerprint density at radius 3 is 2.76 bits per heavy atom. The molecule has 4 heteroatoms. The van der Waals surface area contributed by atoms with Crippen LogP contribution in [0.1, 0.15) is 36.1 Å². The van der Waals surface area contributed by atoms with E-state index in [9.17, 15) is 9.59 Å². The van der Waals surface area contributed by atoms with Crippen molar-refractivity contribution in [2.24, 2.45) is 0 Å². The lowest BCUT2D eigenvalue weighted by atomic mass is 9.93. The lowest BCUT2D eigenvalue weighted by molar-refractivity contribution is -0.129. The molecular formula is C21H18N2O2. The highest BCUT2D eigenvalue weighted by Crippen LogP contribution is 2.33. The monoisotopic (exact) mass is 330 g/mol. The maximum absolute atomic E-state index is 12.5. The summed E-state index contributed by atoms with van der Waals surface area (Å²) >= 11 is 0. The topological polar surface area (TPSA) is 49.4 Å². The number of carbonyl (C=O) groups is 2. The summed E-state index contributed by atoms with van der Waals surface area (Å²) in [6.45, 7) is 1.50. The van der Waals surface area contributed by atoms with Gasteiger partial charge in [0.25, 0.3) is 0 Å². The fourth-order valence-electron chi connectivity index (χ4n) is 2.99. The summed E-state index contributed by atoms with van der Waals surface area (Å²) in [4.78, 5) is 26.1. The van der Waals surface area contributed by atoms with Gasteiger partial charge in [0.15, 0.2) is 0 Å². The van der Waals surface area contributed by atoms with Gasteiger partial charge in [0.1, 0.15) is 0 Å². The van der Waals surface area contributed by atoms with Crippen molar-refractivity contribution in [2.75, 3.05) is 5.32 Å². The molecule has 0 aromatic heterocycles. The molecule has 2 aromatic carbocycles. The predicted molar refractivity (Wildman–Crippen MR) is 98.4 cm³/mol. The van der Waals surface area contributed by atoms with Gasteiger partial charge in [-0.1, -0.05) is 36.3 Å². The summed E-state index contributed by atoms with van der Waals surface area (Å²) in [5, 5.41) is 2.86. The van der Waals surface area contributed by atoms with Gasteiger partial charge in [-0.15, -0.1) is 6.42 Å². The molecule has 3 rings (SSSR count). The van der Waals surface area contributed by atoms with Crippen LogP contribution in [0.25, 0.3) is 6.08 Å². The van der Waals surface area contributed by atoms with Gasteiger partial charge < -0.3 is 10.2 Å². The maximum Gasteiger partial charge on any atom is 0.226 e. The first-order chi connectivity index (χ1) is 12.1. The van der Waals surface area contributed by atoms with Crippen LogP contribution in [0, 0.1) is 12.3 Å². The number of benzene rings is 2. The van der Waals surface area contributed by atoms with Gasteiger partial charge in [-0.05, 0) is 35.4 Å². The van der Waals surface area contributed by atoms with E-state index in [0.29, 0.717) is 11.3 Å². The van der Waals surface area contributed by atoms with Crippen molar-refractivity contribution in [2.45, 2.75) is 19.4 Å². The molecule has 1 aliphatic rings. The van der Waals surface area contributed by atoms with Gasteiger partial charge in [0, 0.05) is 24.4 Å². The highest BCUT2D eigenvalue weighted by Gasteiger charge is 2.28. The van der Waals surface area contributed by atoms with Crippen LogP contribution in [0.3, 0.4) is 0 Å². The quantitative estimate of drug-likeness (QED) is 0.875. The Balaban J connectivity index is 1.81. The summed E-state index contributed by atoms with van der Waals surface area (Å²) in [5.74, 6) is 2.27. The van der Waals surface area contributed by atoms with Gasteiger partial charge in [0.2, 0.25) is 11.8 Å². The van der Waals surface area contributed by atoms with Crippen molar-refractivity contribution in [1.82, 2.24) is 4.90 Å². The largest absolute Gasteiger partial charge is 0.326 e. The predicted octanol–water partition coefficient (Wildman–Crippen LogP) is 3.57. The van der Waals surface area contributed by atoms with E-state index in [1.165, 1.54) is 6.92 Å². The fraction of sp³-hybridized carbons (Fsp3) is 0.143. The third-order valence-electron chi connectivity index (χ3n) is 4.16. The Kier molecular flexibility index (Phi) is 4.67. The first-order valence-corrected chi connectivity index (χ1v) is 8.01. The molecule has 0 spiro atoms. The van der Waals surface area contributed by atoms with Crippen LogP contribution in [-0.2, 0) is 9.59 Å². The zero-order valence-electron chi connectivity index (χ0n) is 13.9. The lowest BCUT2D eigenvalue weighted by Gasteiger charge is -2.32. The highest BCUT2D eigenvalue weighted by atomic mass is 16.2. The molecule has 124 valence electrons. The Hall–Kier alpha value is -3.32. The van der Waals surface area contributed by atoms with Gasteiger partial charge >= 0.3 is 0 Å². The second-order valence-corrected chi connectivity index (χ2v) is 5.86. The molecule has 1 aliphatic heterocycles. The van der Waals surface area contributed by atoms with Crippen LogP contribution >= 0.6 is 0 Å². The summed E-state index contributed by atoms with van der Waals surface area (Å²) in [6.07, 6.45) is 9.19. The molecule has 0 bridgehead atoms. The molecule has 0 saturated carbocycles. The first kappa shape index (κ1) is 16.5. The summed E-state index contributed by atoms with van der Waals surface area (Å²) < 4.78 is 0. The van der Waals surface area contributed by atoms with Gasteiger partial charge in [-0.3, -0.25) is 9.59 Å². The van der Waals surface area contributed by atoms with Crippen molar-refractivity contribution in [3.05, 3.63) is 71.4 Å². The number of nitrogens with one attached hydrogen (secondary N) is 1. The van der Waals surface area contributed by atoms with E-state index in [1.54, 1.807) is 35.4 Å². The van der Waals surface area contributed by atoms with E-state index >= 15 is 0 Å². The van der Waals surface area contributed by atoms with Crippen LogP contribution in [0.5, 0.6) is 0 Å². The second-order valence-electron chi connectivity index (χ2n) is 5.86. The maximum atomic E-state index is 12.5. The van der Waals surface area contributed by atoms with Crippen molar-refractivity contribution in [1.29, 1.82) is 0 Å². The Bertz CT molecular complexity index is 893. The smallest absolute Gasteiger partial charge is 0.226 e. The minimum Gasteiger partial charge on any atom is -0.326 e. The van der Waals surface area contributed by atoms with Gasteiger partial charge in [0.05, 0.1) is 12.5 Å². The van der Waals surface area contributed by atoms with Crippen molar-refractivity contribution >= 4 is 23.6 Å². The normalized spacial score (nSPS) is 15.2. The van der Waals surface area contributed by atoms with Crippen molar-refractivity contribution in [3.8, 4) is 12.3 Å². The minimum atomic E-state index is -0.325. The molecule has 0 saturated heterocycles. The number of hydrogen-bond acceptors (Lipinski definition) is 2. The van der Waals surface area contributed by atoms with Crippen LogP contribution in [0.2, 0.25) is 0 Å². The van der Waals surface area contributed by atoms with Crippen LogP contribution in [0.4, 0.5) is 5.69 Å². The molecule has 1 atom stereocenters. The van der Waals surface area contributed by atoms with Gasteiger partial charge in [-0.2, -0.15) is 0 Å². The number of terminal acetylenes is 1. The zero-order chi connectivity index (χ0) is 17.8. The van der Waals surface area contributed by atoms with E-state index in [0.717, 1.165) is 11.1 Å². The van der Waals surface area contributed by atoms with Crippen LogP contribution in [-0.4, -0.2) is 16.7 Å². The molecule has 2 amide bonds. The van der Waals surface area contributed by atoms with Crippen molar-refractivity contribution in [3.63, 3.8) is 0 Å². The third kappa shape index (κ3) is 3.61. The lowest BCUT2D eigenvalue weighted by Crippen LogP contribution is -2.33. The van der Waals surface area contributed by atoms with E-state index in [1.807, 2.05) is 30.3 Å². The third-order valence-corrected chi connectivity index (χ3v) is 4.16. The molecule has 0 fully saturated rings. The van der Waals surface area contributed by atoms with E-state index in [2.05, 4.69) is 11.2 Å². The summed E-state index contributed by atoms with van der Waals surface area (Å²) in [6, 6.07) is 14.6. The standard InChI is InChI=1S/C21H18N2O2/c1-3-16-7-6-9-18(13-16)22-21(25)14-20-19-10-5-4-8-17(19)11-12-23(20)15(2)24/h1,4-13,20H,14H2,2H3,(H,22,25)/t20-/m0/s1. The molecular weight excluding hydrogens is 312 g/mol. The number of carbonyl (C=O) groups excluding carboxylic acids is 2. The highest BCUT2D eigenvalue weighted by molar-refractivity contribution is 5.92. The summed E-state index contributed by atoms with van der Waals surface area (Å²) in [5.41, 5.74) is 3.34. The Morgan fingerprint density at radius 1 is 1.20 bits per heavy atom. The first-order valence-electron chi connectivity index (χ1n) is 8.01. The van der Waals surface area contributed by atoms with Gasteiger partial charge in [-0.25, -0.2) is 0 Å². The number of amides is 2. The molecule has 0 unspecified atom stereocenters. The van der Waals surface area contributed by atoms with Crippen LogP contribution < -0.4 is 5.32 Å². The number of fused-ring (bicyclic) bond motifs is 1. The fourth-order valence-corrected chi connectivity index (χ4v) is 2.99. The molecule has 0 radical (unpaired) electrons. The Labute approximate surface area is 147 Å². The Morgan fingerprint density at radius 2 is 2.00 bits per heavy atom.